The second-order valence-electron chi connectivity index (χ2n) is 4.36. The first-order valence-corrected chi connectivity index (χ1v) is 9.39. The Labute approximate surface area is 169 Å². The minimum absolute atomic E-state index is 0.220. The predicted molar refractivity (Wildman–Crippen MR) is 111 cm³/mol. The van der Waals surface area contributed by atoms with E-state index >= 15 is 0 Å². The summed E-state index contributed by atoms with van der Waals surface area (Å²) in [5, 5.41) is 5.88. The van der Waals surface area contributed by atoms with E-state index in [4.69, 9.17) is 17.0 Å². The van der Waals surface area contributed by atoms with Gasteiger partial charge in [0.15, 0.2) is 5.11 Å². The Morgan fingerprint density at radius 3 is 2.61 bits per heavy atom. The highest BCUT2D eigenvalue weighted by Crippen LogP contribution is 2.32. The van der Waals surface area contributed by atoms with Crippen LogP contribution in [0.4, 0.5) is 5.69 Å². The number of thiocarbonyl (C=S) groups is 1. The SMILES string of the molecule is COc1c(Br)cc(Br)cc1C(=O)NC(=S)Nc1ccccc1I. The summed E-state index contributed by atoms with van der Waals surface area (Å²) in [6.45, 7) is 0. The van der Waals surface area contributed by atoms with Crippen LogP contribution in [0.1, 0.15) is 10.4 Å². The Morgan fingerprint density at radius 2 is 1.96 bits per heavy atom. The van der Waals surface area contributed by atoms with Crippen molar-refractivity contribution in [3.05, 3.63) is 54.5 Å². The molecule has 1 amide bonds. The Morgan fingerprint density at radius 1 is 1.26 bits per heavy atom. The Balaban J connectivity index is 2.16. The number of hydrogen-bond donors (Lipinski definition) is 2. The van der Waals surface area contributed by atoms with Crippen LogP contribution in [0.2, 0.25) is 0 Å². The molecule has 23 heavy (non-hydrogen) atoms. The lowest BCUT2D eigenvalue weighted by Gasteiger charge is -2.13. The third-order valence-electron chi connectivity index (χ3n) is 2.81. The van der Waals surface area contributed by atoms with Crippen LogP contribution in [0.15, 0.2) is 45.3 Å². The zero-order chi connectivity index (χ0) is 17.0. The third-order valence-corrected chi connectivity index (χ3v) is 5.00. The number of carbonyl (C=O) groups excluding carboxylic acids is 1. The average molecular weight is 570 g/mol. The Kier molecular flexibility index (Phi) is 6.81. The lowest BCUT2D eigenvalue weighted by molar-refractivity contribution is 0.0974. The maximum absolute atomic E-state index is 12.5. The second-order valence-corrected chi connectivity index (χ2v) is 7.70. The first-order chi connectivity index (χ1) is 10.9. The Bertz CT molecular complexity index is 771. The summed E-state index contributed by atoms with van der Waals surface area (Å²) in [4.78, 5) is 12.5. The number of para-hydroxylation sites is 1. The molecule has 0 atom stereocenters. The van der Waals surface area contributed by atoms with Crippen molar-refractivity contribution in [2.75, 3.05) is 12.4 Å². The van der Waals surface area contributed by atoms with Crippen LogP contribution in [-0.2, 0) is 0 Å². The quantitative estimate of drug-likeness (QED) is 0.406. The molecule has 0 aliphatic rings. The van der Waals surface area contributed by atoms with Crippen molar-refractivity contribution in [1.29, 1.82) is 0 Å². The molecule has 0 heterocycles. The predicted octanol–water partition coefficient (Wildman–Crippen LogP) is 4.95. The standard InChI is InChI=1S/C15H11Br2IN2O2S/c1-22-13-9(6-8(16)7-10(13)17)14(21)20-15(23)19-12-5-3-2-4-11(12)18/h2-7H,1H3,(H2,19,20,21,23). The van der Waals surface area contributed by atoms with Gasteiger partial charge in [-0.1, -0.05) is 28.1 Å². The van der Waals surface area contributed by atoms with Gasteiger partial charge in [0.05, 0.1) is 22.8 Å². The summed E-state index contributed by atoms with van der Waals surface area (Å²) in [6.07, 6.45) is 0. The zero-order valence-corrected chi connectivity index (χ0v) is 18.0. The number of anilines is 1. The first-order valence-electron chi connectivity index (χ1n) is 6.32. The molecule has 0 aliphatic heterocycles. The van der Waals surface area contributed by atoms with E-state index in [0.717, 1.165) is 13.7 Å². The summed E-state index contributed by atoms with van der Waals surface area (Å²) in [5.41, 5.74) is 1.21. The lowest BCUT2D eigenvalue weighted by Crippen LogP contribution is -2.34. The van der Waals surface area contributed by atoms with Gasteiger partial charge in [0, 0.05) is 8.04 Å². The molecule has 120 valence electrons. The highest BCUT2D eigenvalue weighted by molar-refractivity contribution is 14.1. The van der Waals surface area contributed by atoms with Crippen molar-refractivity contribution in [3.63, 3.8) is 0 Å². The molecular formula is C15H11Br2IN2O2S. The molecule has 4 nitrogen and oxygen atoms in total. The van der Waals surface area contributed by atoms with E-state index in [9.17, 15) is 4.79 Å². The van der Waals surface area contributed by atoms with Gasteiger partial charge >= 0.3 is 0 Å². The monoisotopic (exact) mass is 568 g/mol. The van der Waals surface area contributed by atoms with E-state index in [-0.39, 0.29) is 11.0 Å². The molecule has 0 aliphatic carbocycles. The van der Waals surface area contributed by atoms with Crippen molar-refractivity contribution in [1.82, 2.24) is 5.32 Å². The molecule has 0 radical (unpaired) electrons. The van der Waals surface area contributed by atoms with Crippen molar-refractivity contribution in [2.24, 2.45) is 0 Å². The zero-order valence-electron chi connectivity index (χ0n) is 11.8. The smallest absolute Gasteiger partial charge is 0.261 e. The van der Waals surface area contributed by atoms with Crippen molar-refractivity contribution < 1.29 is 9.53 Å². The molecule has 2 N–H and O–H groups in total. The lowest BCUT2D eigenvalue weighted by atomic mass is 10.2. The molecule has 0 aromatic heterocycles. The van der Waals surface area contributed by atoms with Gasteiger partial charge in [0.1, 0.15) is 5.75 Å². The van der Waals surface area contributed by atoms with E-state index in [1.165, 1.54) is 7.11 Å². The summed E-state index contributed by atoms with van der Waals surface area (Å²) in [5.74, 6) is 0.0927. The van der Waals surface area contributed by atoms with Crippen LogP contribution in [0.25, 0.3) is 0 Å². The van der Waals surface area contributed by atoms with Crippen LogP contribution in [0.3, 0.4) is 0 Å². The van der Waals surface area contributed by atoms with Gasteiger partial charge in [-0.25, -0.2) is 0 Å². The molecule has 0 saturated carbocycles. The minimum Gasteiger partial charge on any atom is -0.495 e. The van der Waals surface area contributed by atoms with E-state index < -0.39 is 0 Å². The van der Waals surface area contributed by atoms with Crippen molar-refractivity contribution in [2.45, 2.75) is 0 Å². The molecule has 2 rings (SSSR count). The van der Waals surface area contributed by atoms with E-state index in [1.807, 2.05) is 24.3 Å². The molecule has 2 aromatic rings. The molecule has 0 spiro atoms. The molecule has 2 aromatic carbocycles. The average Bonchev–Trinajstić information content (AvgIpc) is 2.48. The van der Waals surface area contributed by atoms with E-state index in [2.05, 4.69) is 65.1 Å². The van der Waals surface area contributed by atoms with Gasteiger partial charge in [-0.3, -0.25) is 10.1 Å². The van der Waals surface area contributed by atoms with Crippen LogP contribution in [-0.4, -0.2) is 18.1 Å². The van der Waals surface area contributed by atoms with Crippen molar-refractivity contribution >= 4 is 83.4 Å². The molecular weight excluding hydrogens is 559 g/mol. The summed E-state index contributed by atoms with van der Waals surface area (Å²) >= 11 is 14.1. The van der Waals surface area contributed by atoms with Gasteiger partial charge in [0.2, 0.25) is 0 Å². The molecule has 0 saturated heterocycles. The number of rotatable bonds is 3. The van der Waals surface area contributed by atoms with Gasteiger partial charge in [0.25, 0.3) is 5.91 Å². The summed E-state index contributed by atoms with van der Waals surface area (Å²) in [6, 6.07) is 11.1. The number of halogens is 3. The Hall–Kier alpha value is -0.710. The van der Waals surface area contributed by atoms with E-state index in [0.29, 0.717) is 15.8 Å². The number of benzene rings is 2. The number of nitrogens with one attached hydrogen (secondary N) is 2. The van der Waals surface area contributed by atoms with Gasteiger partial charge in [-0.2, -0.15) is 0 Å². The molecule has 0 bridgehead atoms. The fourth-order valence-corrected chi connectivity index (χ4v) is 3.94. The fourth-order valence-electron chi connectivity index (χ4n) is 1.82. The number of hydrogen-bond acceptors (Lipinski definition) is 3. The van der Waals surface area contributed by atoms with Gasteiger partial charge in [-0.05, 0) is 75.0 Å². The van der Waals surface area contributed by atoms with Crippen LogP contribution in [0.5, 0.6) is 5.75 Å². The van der Waals surface area contributed by atoms with Crippen LogP contribution in [0, 0.1) is 3.57 Å². The molecule has 0 unspecified atom stereocenters. The third kappa shape index (κ3) is 4.88. The van der Waals surface area contributed by atoms with Crippen molar-refractivity contribution in [3.8, 4) is 5.75 Å². The maximum Gasteiger partial charge on any atom is 0.261 e. The summed E-state index contributed by atoms with van der Waals surface area (Å²) in [7, 11) is 1.51. The highest BCUT2D eigenvalue weighted by Gasteiger charge is 2.17. The number of carbonyl (C=O) groups is 1. The largest absolute Gasteiger partial charge is 0.495 e. The fraction of sp³-hybridized carbons (Fsp3) is 0.0667. The molecule has 8 heteroatoms. The van der Waals surface area contributed by atoms with E-state index in [1.54, 1.807) is 12.1 Å². The number of amides is 1. The number of ether oxygens (including phenoxy) is 1. The van der Waals surface area contributed by atoms with Crippen LogP contribution >= 0.6 is 66.7 Å². The highest BCUT2D eigenvalue weighted by atomic mass is 127. The van der Waals surface area contributed by atoms with Gasteiger partial charge in [-0.15, -0.1) is 0 Å². The second kappa shape index (κ2) is 8.41. The molecule has 0 fully saturated rings. The topological polar surface area (TPSA) is 50.4 Å². The van der Waals surface area contributed by atoms with Gasteiger partial charge < -0.3 is 10.1 Å². The first kappa shape index (κ1) is 18.6. The number of methoxy groups -OCH3 is 1. The summed E-state index contributed by atoms with van der Waals surface area (Å²) < 4.78 is 7.72. The maximum atomic E-state index is 12.5. The van der Waals surface area contributed by atoms with Crippen LogP contribution < -0.4 is 15.4 Å². The normalized spacial score (nSPS) is 10.1. The minimum atomic E-state index is -0.354.